The Kier molecular flexibility index (Phi) is 3.67. The minimum absolute atomic E-state index is 0.0125. The lowest BCUT2D eigenvalue weighted by Gasteiger charge is -2.16. The molecule has 3 aromatic rings. The van der Waals surface area contributed by atoms with Crippen LogP contribution in [-0.4, -0.2) is 33.4 Å². The van der Waals surface area contributed by atoms with E-state index in [1.54, 1.807) is 0 Å². The molecule has 0 unspecified atom stereocenters. The van der Waals surface area contributed by atoms with Gasteiger partial charge in [-0.05, 0) is 44.7 Å². The van der Waals surface area contributed by atoms with Gasteiger partial charge in [0.15, 0.2) is 0 Å². The van der Waals surface area contributed by atoms with E-state index < -0.39 is 0 Å². The summed E-state index contributed by atoms with van der Waals surface area (Å²) in [5, 5.41) is 6.45. The maximum Gasteiger partial charge on any atom is 0.253 e. The van der Waals surface area contributed by atoms with Crippen molar-refractivity contribution in [3.63, 3.8) is 0 Å². The minimum Gasteiger partial charge on any atom is -0.366 e. The highest BCUT2D eigenvalue weighted by molar-refractivity contribution is 5.99. The second-order valence-corrected chi connectivity index (χ2v) is 7.68. The number of carbonyl (C=O) groups excluding carboxylic acids is 1. The zero-order valence-electron chi connectivity index (χ0n) is 15.6. The molecule has 1 aliphatic carbocycles. The number of fused-ring (bicyclic) bond motifs is 2. The summed E-state index contributed by atoms with van der Waals surface area (Å²) in [6, 6.07) is 8.35. The summed E-state index contributed by atoms with van der Waals surface area (Å²) in [7, 11) is 0. The lowest BCUT2D eigenvalue weighted by Crippen LogP contribution is -2.31. The van der Waals surface area contributed by atoms with Crippen LogP contribution in [0.25, 0.3) is 22.3 Å². The number of hydrogen-bond acceptors (Lipinski definition) is 4. The van der Waals surface area contributed by atoms with Gasteiger partial charge in [0.1, 0.15) is 11.3 Å². The molecule has 6 heteroatoms. The van der Waals surface area contributed by atoms with Crippen molar-refractivity contribution >= 4 is 22.8 Å². The van der Waals surface area contributed by atoms with Crippen molar-refractivity contribution in [2.75, 3.05) is 11.9 Å². The first-order valence-electron chi connectivity index (χ1n) is 9.64. The molecule has 3 N–H and O–H groups in total. The fraction of sp³-hybridized carbons (Fsp3) is 0.381. The molecule has 0 spiro atoms. The molecule has 1 saturated carbocycles. The summed E-state index contributed by atoms with van der Waals surface area (Å²) in [6.45, 7) is 4.89. The summed E-state index contributed by atoms with van der Waals surface area (Å²) < 4.78 is 0. The number of nitrogens with zero attached hydrogens (tertiary/aromatic N) is 2. The van der Waals surface area contributed by atoms with Crippen molar-refractivity contribution in [2.24, 2.45) is 5.92 Å². The van der Waals surface area contributed by atoms with Gasteiger partial charge in [0.2, 0.25) is 0 Å². The highest BCUT2D eigenvalue weighted by Gasteiger charge is 2.28. The Morgan fingerprint density at radius 1 is 1.22 bits per heavy atom. The summed E-state index contributed by atoms with van der Waals surface area (Å²) >= 11 is 0. The summed E-state index contributed by atoms with van der Waals surface area (Å²) in [4.78, 5) is 25.2. The number of aromatic amines is 1. The number of amides is 1. The first-order chi connectivity index (χ1) is 13.1. The van der Waals surface area contributed by atoms with E-state index in [1.807, 2.05) is 31.2 Å². The molecule has 1 fully saturated rings. The van der Waals surface area contributed by atoms with Crippen LogP contribution in [0.4, 0.5) is 5.82 Å². The number of para-hydroxylation sites is 1. The van der Waals surface area contributed by atoms with Crippen LogP contribution in [0.2, 0.25) is 0 Å². The van der Waals surface area contributed by atoms with E-state index >= 15 is 0 Å². The molecule has 1 aliphatic heterocycles. The molecule has 1 aromatic carbocycles. The Bertz CT molecular complexity index is 1050. The summed E-state index contributed by atoms with van der Waals surface area (Å²) in [5.41, 5.74) is 6.25. The highest BCUT2D eigenvalue weighted by Crippen LogP contribution is 2.35. The first kappa shape index (κ1) is 16.3. The van der Waals surface area contributed by atoms with Gasteiger partial charge in [-0.1, -0.05) is 12.1 Å². The maximum atomic E-state index is 12.1. The SMILES string of the molecule is Cc1nc2cccc(-c3cc4c([nH]3)CCNC4=O)c2nc1N[C@@H](C)C1CC1. The lowest BCUT2D eigenvalue weighted by molar-refractivity contribution is 0.0946. The molecule has 1 atom stereocenters. The van der Waals surface area contributed by atoms with Gasteiger partial charge in [-0.25, -0.2) is 9.97 Å². The number of H-pyrrole nitrogens is 1. The van der Waals surface area contributed by atoms with Crippen LogP contribution in [0.15, 0.2) is 24.3 Å². The molecule has 1 amide bonds. The predicted octanol–water partition coefficient (Wildman–Crippen LogP) is 3.43. The fourth-order valence-corrected chi connectivity index (χ4v) is 3.89. The van der Waals surface area contributed by atoms with Crippen molar-refractivity contribution in [1.82, 2.24) is 20.3 Å². The number of aryl methyl sites for hydroxylation is 1. The third kappa shape index (κ3) is 2.85. The molecule has 0 radical (unpaired) electrons. The monoisotopic (exact) mass is 361 g/mol. The van der Waals surface area contributed by atoms with Crippen molar-refractivity contribution < 1.29 is 4.79 Å². The smallest absolute Gasteiger partial charge is 0.253 e. The van der Waals surface area contributed by atoms with Crippen molar-refractivity contribution in [3.05, 3.63) is 41.2 Å². The minimum atomic E-state index is -0.0125. The standard InChI is InChI=1S/C21H23N5O/c1-11(13-6-7-13)24-20-12(2)23-17-5-3-4-14(19(17)26-20)18-10-15-16(25-18)8-9-22-21(15)27/h3-5,10-11,13,25H,6-9H2,1-2H3,(H,22,27)(H,24,26)/t11-/m0/s1. The fourth-order valence-electron chi connectivity index (χ4n) is 3.89. The largest absolute Gasteiger partial charge is 0.366 e. The molecular formula is C21H23N5O. The summed E-state index contributed by atoms with van der Waals surface area (Å²) in [6.07, 6.45) is 3.40. The Morgan fingerprint density at radius 2 is 2.07 bits per heavy atom. The molecule has 5 rings (SSSR count). The van der Waals surface area contributed by atoms with Crippen molar-refractivity contribution in [2.45, 2.75) is 39.2 Å². The number of aromatic nitrogens is 3. The predicted molar refractivity (Wildman–Crippen MR) is 106 cm³/mol. The molecule has 0 saturated heterocycles. The number of hydrogen-bond donors (Lipinski definition) is 3. The van der Waals surface area contributed by atoms with E-state index in [0.717, 1.165) is 57.4 Å². The van der Waals surface area contributed by atoms with E-state index in [4.69, 9.17) is 9.97 Å². The topological polar surface area (TPSA) is 82.7 Å². The van der Waals surface area contributed by atoms with Crippen LogP contribution in [0.3, 0.4) is 0 Å². The number of rotatable bonds is 4. The maximum absolute atomic E-state index is 12.1. The average Bonchev–Trinajstić information content (AvgIpc) is 3.41. The van der Waals surface area contributed by atoms with Gasteiger partial charge in [-0.2, -0.15) is 0 Å². The van der Waals surface area contributed by atoms with Gasteiger partial charge >= 0.3 is 0 Å². The number of anilines is 1. The van der Waals surface area contributed by atoms with Crippen LogP contribution in [0.5, 0.6) is 0 Å². The Balaban J connectivity index is 1.61. The van der Waals surface area contributed by atoms with Crippen molar-refractivity contribution in [3.8, 4) is 11.3 Å². The quantitative estimate of drug-likeness (QED) is 0.665. The number of carbonyl (C=O) groups is 1. The molecule has 138 valence electrons. The van der Waals surface area contributed by atoms with Crippen molar-refractivity contribution in [1.29, 1.82) is 0 Å². The molecule has 0 bridgehead atoms. The van der Waals surface area contributed by atoms with Gasteiger partial charge in [0.25, 0.3) is 5.91 Å². The lowest BCUT2D eigenvalue weighted by atomic mass is 10.1. The van der Waals surface area contributed by atoms with Crippen LogP contribution in [0.1, 0.15) is 41.5 Å². The molecule has 3 heterocycles. The van der Waals surface area contributed by atoms with Gasteiger partial charge in [-0.15, -0.1) is 0 Å². The molecular weight excluding hydrogens is 338 g/mol. The van der Waals surface area contributed by atoms with E-state index in [0.29, 0.717) is 12.6 Å². The van der Waals surface area contributed by atoms with Gasteiger partial charge in [-0.3, -0.25) is 4.79 Å². The molecule has 27 heavy (non-hydrogen) atoms. The van der Waals surface area contributed by atoms with E-state index in [-0.39, 0.29) is 5.91 Å². The van der Waals surface area contributed by atoms with Gasteiger partial charge in [0, 0.05) is 36.0 Å². The van der Waals surface area contributed by atoms with Crippen LogP contribution < -0.4 is 10.6 Å². The van der Waals surface area contributed by atoms with E-state index in [1.165, 1.54) is 12.8 Å². The summed E-state index contributed by atoms with van der Waals surface area (Å²) in [5.74, 6) is 1.58. The van der Waals surface area contributed by atoms with E-state index in [2.05, 4.69) is 22.5 Å². The van der Waals surface area contributed by atoms with Crippen LogP contribution >= 0.6 is 0 Å². The number of nitrogens with one attached hydrogen (secondary N) is 3. The first-order valence-corrected chi connectivity index (χ1v) is 9.64. The zero-order chi connectivity index (χ0) is 18.5. The molecule has 2 aliphatic rings. The van der Waals surface area contributed by atoms with E-state index in [9.17, 15) is 4.79 Å². The van der Waals surface area contributed by atoms with Crippen LogP contribution in [-0.2, 0) is 6.42 Å². The zero-order valence-corrected chi connectivity index (χ0v) is 15.6. The second kappa shape index (κ2) is 6.08. The van der Waals surface area contributed by atoms with Crippen LogP contribution in [0, 0.1) is 12.8 Å². The second-order valence-electron chi connectivity index (χ2n) is 7.68. The third-order valence-corrected chi connectivity index (χ3v) is 5.66. The van der Waals surface area contributed by atoms with Gasteiger partial charge < -0.3 is 15.6 Å². The Hall–Kier alpha value is -2.89. The Morgan fingerprint density at radius 3 is 2.85 bits per heavy atom. The molecule has 2 aromatic heterocycles. The Labute approximate surface area is 157 Å². The average molecular weight is 361 g/mol. The third-order valence-electron chi connectivity index (χ3n) is 5.66. The normalized spacial score (nSPS) is 17.5. The molecule has 6 nitrogen and oxygen atoms in total. The number of benzene rings is 1. The highest BCUT2D eigenvalue weighted by atomic mass is 16.1. The van der Waals surface area contributed by atoms with Gasteiger partial charge in [0.05, 0.1) is 16.8 Å².